The molecule has 1 aromatic heterocycles. The first kappa shape index (κ1) is 12.3. The minimum atomic E-state index is 0.278. The van der Waals surface area contributed by atoms with E-state index in [1.807, 2.05) is 0 Å². The second-order valence-electron chi connectivity index (χ2n) is 4.86. The van der Waals surface area contributed by atoms with Crippen LogP contribution in [0.1, 0.15) is 30.2 Å². The van der Waals surface area contributed by atoms with Gasteiger partial charge < -0.3 is 15.6 Å². The van der Waals surface area contributed by atoms with E-state index in [-0.39, 0.29) is 6.54 Å². The van der Waals surface area contributed by atoms with Gasteiger partial charge in [0.05, 0.1) is 6.54 Å². The Morgan fingerprint density at radius 1 is 1.21 bits per heavy atom. The molecule has 0 saturated carbocycles. The summed E-state index contributed by atoms with van der Waals surface area (Å²) in [7, 11) is 0. The van der Waals surface area contributed by atoms with Gasteiger partial charge in [0.25, 0.3) is 0 Å². The van der Waals surface area contributed by atoms with Crippen LogP contribution in [0.2, 0.25) is 0 Å². The van der Waals surface area contributed by atoms with Crippen LogP contribution < -0.4 is 11.1 Å². The van der Waals surface area contributed by atoms with E-state index in [4.69, 9.17) is 10.3 Å². The van der Waals surface area contributed by atoms with Crippen LogP contribution >= 0.6 is 0 Å². The zero-order valence-electron chi connectivity index (χ0n) is 10.8. The van der Waals surface area contributed by atoms with E-state index in [2.05, 4.69) is 39.7 Å². The molecular weight excluding hydrogens is 240 g/mol. The van der Waals surface area contributed by atoms with E-state index in [0.717, 1.165) is 18.7 Å². The van der Waals surface area contributed by atoms with Crippen LogP contribution in [0, 0.1) is 0 Å². The predicted octanol–water partition coefficient (Wildman–Crippen LogP) is 1.66. The van der Waals surface area contributed by atoms with Gasteiger partial charge in [-0.05, 0) is 37.4 Å². The summed E-state index contributed by atoms with van der Waals surface area (Å²) in [6, 6.07) is 8.46. The van der Waals surface area contributed by atoms with E-state index in [9.17, 15) is 0 Å². The number of nitrogens with one attached hydrogen (secondary N) is 1. The Balaban J connectivity index is 1.78. The van der Waals surface area contributed by atoms with Gasteiger partial charge in [-0.3, -0.25) is 0 Å². The highest BCUT2D eigenvalue weighted by molar-refractivity contribution is 5.54. The van der Waals surface area contributed by atoms with E-state index in [0.29, 0.717) is 17.6 Å². The van der Waals surface area contributed by atoms with Gasteiger partial charge in [-0.25, -0.2) is 0 Å². The Hall–Kier alpha value is -1.72. The lowest BCUT2D eigenvalue weighted by atomic mass is 9.90. The van der Waals surface area contributed by atoms with E-state index >= 15 is 0 Å². The lowest BCUT2D eigenvalue weighted by molar-refractivity contribution is 0.380. The van der Waals surface area contributed by atoms with Crippen LogP contribution in [-0.4, -0.2) is 23.2 Å². The molecule has 2 heterocycles. The van der Waals surface area contributed by atoms with E-state index < -0.39 is 0 Å². The molecule has 3 N–H and O–H groups in total. The molecule has 0 bridgehead atoms. The van der Waals surface area contributed by atoms with Crippen LogP contribution in [-0.2, 0) is 6.54 Å². The predicted molar refractivity (Wildman–Crippen MR) is 72.5 cm³/mol. The molecule has 0 unspecified atom stereocenters. The van der Waals surface area contributed by atoms with Crippen molar-refractivity contribution in [3.05, 3.63) is 35.7 Å². The largest absolute Gasteiger partial charge is 0.338 e. The van der Waals surface area contributed by atoms with Crippen molar-refractivity contribution in [3.63, 3.8) is 0 Å². The fraction of sp³-hybridized carbons (Fsp3) is 0.429. The molecule has 1 saturated heterocycles. The van der Waals surface area contributed by atoms with Crippen molar-refractivity contribution in [3.8, 4) is 11.4 Å². The third kappa shape index (κ3) is 2.67. The molecule has 1 aromatic carbocycles. The molecular formula is C14H18N4O. The Morgan fingerprint density at radius 2 is 1.95 bits per heavy atom. The van der Waals surface area contributed by atoms with Crippen molar-refractivity contribution >= 4 is 0 Å². The highest BCUT2D eigenvalue weighted by Crippen LogP contribution is 2.27. The molecule has 0 radical (unpaired) electrons. The summed E-state index contributed by atoms with van der Waals surface area (Å²) in [6.45, 7) is 2.49. The molecule has 5 nitrogen and oxygen atoms in total. The number of benzene rings is 1. The Labute approximate surface area is 112 Å². The van der Waals surface area contributed by atoms with Gasteiger partial charge in [0.15, 0.2) is 0 Å². The summed E-state index contributed by atoms with van der Waals surface area (Å²) in [6.07, 6.45) is 2.41. The topological polar surface area (TPSA) is 77.0 Å². The second kappa shape index (κ2) is 5.50. The highest BCUT2D eigenvalue weighted by Gasteiger charge is 2.15. The van der Waals surface area contributed by atoms with E-state index in [1.54, 1.807) is 0 Å². The Morgan fingerprint density at radius 3 is 2.58 bits per heavy atom. The van der Waals surface area contributed by atoms with Crippen molar-refractivity contribution < 1.29 is 4.52 Å². The highest BCUT2D eigenvalue weighted by atomic mass is 16.5. The lowest BCUT2D eigenvalue weighted by Gasteiger charge is -2.22. The SMILES string of the molecule is NCc1nc(-c2ccc(C3CCNCC3)cc2)no1. The van der Waals surface area contributed by atoms with Crippen LogP contribution in [0.5, 0.6) is 0 Å². The molecule has 2 aromatic rings. The summed E-state index contributed by atoms with van der Waals surface area (Å²) in [4.78, 5) is 4.23. The van der Waals surface area contributed by atoms with Crippen molar-refractivity contribution in [2.45, 2.75) is 25.3 Å². The molecule has 1 aliphatic rings. The average molecular weight is 258 g/mol. The van der Waals surface area contributed by atoms with Crippen LogP contribution in [0.15, 0.2) is 28.8 Å². The molecule has 0 aliphatic carbocycles. The maximum absolute atomic E-state index is 5.46. The van der Waals surface area contributed by atoms with Crippen LogP contribution in [0.25, 0.3) is 11.4 Å². The third-order valence-electron chi connectivity index (χ3n) is 3.62. The minimum Gasteiger partial charge on any atom is -0.338 e. The lowest BCUT2D eigenvalue weighted by Crippen LogP contribution is -2.26. The van der Waals surface area contributed by atoms with Gasteiger partial charge in [0.2, 0.25) is 11.7 Å². The quantitative estimate of drug-likeness (QED) is 0.875. The van der Waals surface area contributed by atoms with Gasteiger partial charge in [-0.1, -0.05) is 29.4 Å². The first-order valence-corrected chi connectivity index (χ1v) is 6.70. The van der Waals surface area contributed by atoms with Gasteiger partial charge in [-0.2, -0.15) is 4.98 Å². The van der Waals surface area contributed by atoms with Crippen molar-refractivity contribution in [2.24, 2.45) is 5.73 Å². The Kier molecular flexibility index (Phi) is 3.57. The molecule has 1 aliphatic heterocycles. The molecule has 0 spiro atoms. The number of nitrogens with two attached hydrogens (primary N) is 1. The minimum absolute atomic E-state index is 0.278. The summed E-state index contributed by atoms with van der Waals surface area (Å²) in [5, 5.41) is 7.31. The second-order valence-corrected chi connectivity index (χ2v) is 4.86. The number of nitrogens with zero attached hydrogens (tertiary/aromatic N) is 2. The fourth-order valence-electron chi connectivity index (χ4n) is 2.51. The van der Waals surface area contributed by atoms with Gasteiger partial charge in [-0.15, -0.1) is 0 Å². The zero-order valence-corrected chi connectivity index (χ0v) is 10.8. The molecule has 100 valence electrons. The number of rotatable bonds is 3. The molecule has 19 heavy (non-hydrogen) atoms. The molecule has 0 amide bonds. The molecule has 0 atom stereocenters. The maximum atomic E-state index is 5.46. The standard InChI is InChI=1S/C14H18N4O/c15-9-13-17-14(18-19-13)12-3-1-10(2-4-12)11-5-7-16-8-6-11/h1-4,11,16H,5-9,15H2. The van der Waals surface area contributed by atoms with Gasteiger partial charge in [0, 0.05) is 5.56 Å². The number of hydrogen-bond acceptors (Lipinski definition) is 5. The first-order valence-electron chi connectivity index (χ1n) is 6.70. The zero-order chi connectivity index (χ0) is 13.1. The summed E-state index contributed by atoms with van der Waals surface area (Å²) < 4.78 is 5.02. The number of aromatic nitrogens is 2. The summed E-state index contributed by atoms with van der Waals surface area (Å²) in [5.74, 6) is 1.75. The van der Waals surface area contributed by atoms with Crippen LogP contribution in [0.4, 0.5) is 0 Å². The van der Waals surface area contributed by atoms with Crippen LogP contribution in [0.3, 0.4) is 0 Å². The molecule has 3 rings (SSSR count). The normalized spacial score (nSPS) is 16.7. The third-order valence-corrected chi connectivity index (χ3v) is 3.62. The van der Waals surface area contributed by atoms with Gasteiger partial charge >= 0.3 is 0 Å². The maximum Gasteiger partial charge on any atom is 0.240 e. The fourth-order valence-corrected chi connectivity index (χ4v) is 2.51. The number of piperidine rings is 1. The van der Waals surface area contributed by atoms with E-state index in [1.165, 1.54) is 18.4 Å². The van der Waals surface area contributed by atoms with Crippen molar-refractivity contribution in [1.29, 1.82) is 0 Å². The monoisotopic (exact) mass is 258 g/mol. The number of hydrogen-bond donors (Lipinski definition) is 2. The van der Waals surface area contributed by atoms with Gasteiger partial charge in [0.1, 0.15) is 0 Å². The molecule has 5 heteroatoms. The summed E-state index contributed by atoms with van der Waals surface area (Å²) >= 11 is 0. The Bertz CT molecular complexity index is 529. The van der Waals surface area contributed by atoms with Crippen molar-refractivity contribution in [1.82, 2.24) is 15.5 Å². The average Bonchev–Trinajstić information content (AvgIpc) is 2.97. The smallest absolute Gasteiger partial charge is 0.240 e. The van der Waals surface area contributed by atoms with Crippen molar-refractivity contribution in [2.75, 3.05) is 13.1 Å². The summed E-state index contributed by atoms with van der Waals surface area (Å²) in [5.41, 5.74) is 7.83. The molecule has 1 fully saturated rings. The first-order chi connectivity index (χ1) is 9.36.